The van der Waals surface area contributed by atoms with E-state index < -0.39 is 5.97 Å². The normalized spacial score (nSPS) is 12.2. The molecule has 0 saturated heterocycles. The van der Waals surface area contributed by atoms with Crippen molar-refractivity contribution in [2.75, 3.05) is 5.32 Å². The third-order valence-corrected chi connectivity index (χ3v) is 2.99. The number of nitrogens with one attached hydrogen (secondary N) is 1. The van der Waals surface area contributed by atoms with E-state index in [0.29, 0.717) is 10.5 Å². The van der Waals surface area contributed by atoms with Crippen molar-refractivity contribution in [3.8, 4) is 0 Å². The Hall–Kier alpha value is -1.03. The lowest BCUT2D eigenvalue weighted by atomic mass is 10.1. The number of carboxylic acid groups (broad SMARTS) is 1. The molecule has 2 N–H and O–H groups in total. The fourth-order valence-corrected chi connectivity index (χ4v) is 2.12. The van der Waals surface area contributed by atoms with E-state index >= 15 is 0 Å². The zero-order chi connectivity index (χ0) is 12.1. The lowest BCUT2D eigenvalue weighted by molar-refractivity contribution is 0.0696. The molecule has 0 aliphatic carbocycles. The van der Waals surface area contributed by atoms with Crippen LogP contribution >= 0.6 is 15.9 Å². The van der Waals surface area contributed by atoms with Crippen LogP contribution in [0.5, 0.6) is 0 Å². The van der Waals surface area contributed by atoms with Crippen LogP contribution in [0.1, 0.15) is 37.0 Å². The summed E-state index contributed by atoms with van der Waals surface area (Å²) in [7, 11) is 0. The van der Waals surface area contributed by atoms with Crippen LogP contribution in [0, 0.1) is 0 Å². The maximum absolute atomic E-state index is 10.8. The summed E-state index contributed by atoms with van der Waals surface area (Å²) in [6.45, 7) is 4.25. The molecule has 1 atom stereocenters. The third-order valence-electron chi connectivity index (χ3n) is 2.33. The lowest BCUT2D eigenvalue weighted by Crippen LogP contribution is -2.14. The van der Waals surface area contributed by atoms with Gasteiger partial charge in [0.2, 0.25) is 0 Å². The number of benzene rings is 1. The van der Waals surface area contributed by atoms with Crippen LogP contribution in [0.15, 0.2) is 22.7 Å². The molecular formula is C12H16BrNO2. The molecule has 3 nitrogen and oxygen atoms in total. The Kier molecular flexibility index (Phi) is 4.80. The summed E-state index contributed by atoms with van der Waals surface area (Å²) >= 11 is 3.26. The molecule has 0 amide bonds. The minimum absolute atomic E-state index is 0.286. The van der Waals surface area contributed by atoms with Gasteiger partial charge in [-0.05, 0) is 47.5 Å². The maximum atomic E-state index is 10.8. The van der Waals surface area contributed by atoms with Crippen molar-refractivity contribution < 1.29 is 9.90 Å². The zero-order valence-corrected chi connectivity index (χ0v) is 11.0. The summed E-state index contributed by atoms with van der Waals surface area (Å²) in [5, 5.41) is 12.2. The second-order valence-corrected chi connectivity index (χ2v) is 4.69. The van der Waals surface area contributed by atoms with Crippen LogP contribution in [0.3, 0.4) is 0 Å². The van der Waals surface area contributed by atoms with Gasteiger partial charge < -0.3 is 10.4 Å². The molecule has 0 radical (unpaired) electrons. The van der Waals surface area contributed by atoms with E-state index in [1.807, 2.05) is 0 Å². The van der Waals surface area contributed by atoms with Crippen LogP contribution in [-0.4, -0.2) is 17.1 Å². The standard InChI is InChI=1S/C12H16BrNO2/c1-3-4-8(2)14-9-5-6-10(12(15)16)11(13)7-9/h5-8,14H,3-4H2,1-2H3,(H,15,16). The SMILES string of the molecule is CCCC(C)Nc1ccc(C(=O)O)c(Br)c1. The summed E-state index contributed by atoms with van der Waals surface area (Å²) in [6.07, 6.45) is 2.22. The van der Waals surface area contributed by atoms with Gasteiger partial charge in [-0.1, -0.05) is 13.3 Å². The van der Waals surface area contributed by atoms with E-state index in [9.17, 15) is 4.79 Å². The average Bonchev–Trinajstić information content (AvgIpc) is 2.17. The van der Waals surface area contributed by atoms with E-state index in [1.165, 1.54) is 0 Å². The van der Waals surface area contributed by atoms with Crippen molar-refractivity contribution in [1.29, 1.82) is 0 Å². The van der Waals surface area contributed by atoms with Gasteiger partial charge in [0.15, 0.2) is 0 Å². The van der Waals surface area contributed by atoms with Gasteiger partial charge in [0.05, 0.1) is 5.56 Å². The van der Waals surface area contributed by atoms with Gasteiger partial charge >= 0.3 is 5.97 Å². The van der Waals surface area contributed by atoms with Gasteiger partial charge in [-0.2, -0.15) is 0 Å². The van der Waals surface area contributed by atoms with E-state index in [0.717, 1.165) is 18.5 Å². The molecule has 0 aliphatic heterocycles. The molecule has 0 fully saturated rings. The van der Waals surface area contributed by atoms with Crippen LogP contribution in [0.4, 0.5) is 5.69 Å². The summed E-state index contributed by atoms with van der Waals surface area (Å²) in [5.74, 6) is -0.917. The van der Waals surface area contributed by atoms with E-state index in [1.54, 1.807) is 18.2 Å². The quantitative estimate of drug-likeness (QED) is 0.866. The first-order chi connectivity index (χ1) is 7.54. The topological polar surface area (TPSA) is 49.3 Å². The fraction of sp³-hybridized carbons (Fsp3) is 0.417. The van der Waals surface area contributed by atoms with Gasteiger partial charge in [-0.3, -0.25) is 0 Å². The highest BCUT2D eigenvalue weighted by atomic mass is 79.9. The first-order valence-corrected chi connectivity index (χ1v) is 6.13. The maximum Gasteiger partial charge on any atom is 0.336 e. The number of halogens is 1. The predicted molar refractivity (Wildman–Crippen MR) is 69.1 cm³/mol. The van der Waals surface area contributed by atoms with Crippen molar-refractivity contribution in [1.82, 2.24) is 0 Å². The van der Waals surface area contributed by atoms with Crippen LogP contribution < -0.4 is 5.32 Å². The number of hydrogen-bond donors (Lipinski definition) is 2. The second kappa shape index (κ2) is 5.89. The molecule has 0 aromatic heterocycles. The molecule has 1 aromatic rings. The number of hydrogen-bond acceptors (Lipinski definition) is 2. The Morgan fingerprint density at radius 1 is 1.56 bits per heavy atom. The molecule has 0 heterocycles. The molecule has 88 valence electrons. The summed E-state index contributed by atoms with van der Waals surface area (Å²) < 4.78 is 0.605. The highest BCUT2D eigenvalue weighted by Crippen LogP contribution is 2.22. The molecule has 0 aliphatic rings. The summed E-state index contributed by atoms with van der Waals surface area (Å²) in [6, 6.07) is 5.59. The smallest absolute Gasteiger partial charge is 0.336 e. The number of anilines is 1. The van der Waals surface area contributed by atoms with Crippen LogP contribution in [0.25, 0.3) is 0 Å². The Bertz CT molecular complexity index is 379. The average molecular weight is 286 g/mol. The van der Waals surface area contributed by atoms with Crippen LogP contribution in [-0.2, 0) is 0 Å². The molecule has 0 bridgehead atoms. The van der Waals surface area contributed by atoms with Crippen molar-refractivity contribution in [2.45, 2.75) is 32.7 Å². The molecule has 1 unspecified atom stereocenters. The van der Waals surface area contributed by atoms with Gasteiger partial charge in [0.25, 0.3) is 0 Å². The summed E-state index contributed by atoms with van der Waals surface area (Å²) in [4.78, 5) is 10.8. The minimum Gasteiger partial charge on any atom is -0.478 e. The molecule has 4 heteroatoms. The zero-order valence-electron chi connectivity index (χ0n) is 9.46. The van der Waals surface area contributed by atoms with Crippen molar-refractivity contribution >= 4 is 27.6 Å². The van der Waals surface area contributed by atoms with Crippen LogP contribution in [0.2, 0.25) is 0 Å². The van der Waals surface area contributed by atoms with Gasteiger partial charge in [0, 0.05) is 16.2 Å². The lowest BCUT2D eigenvalue weighted by Gasteiger charge is -2.14. The number of rotatable bonds is 5. The molecule has 0 saturated carbocycles. The van der Waals surface area contributed by atoms with Crippen molar-refractivity contribution in [3.05, 3.63) is 28.2 Å². The largest absolute Gasteiger partial charge is 0.478 e. The highest BCUT2D eigenvalue weighted by Gasteiger charge is 2.09. The van der Waals surface area contributed by atoms with E-state index in [-0.39, 0.29) is 5.56 Å². The predicted octanol–water partition coefficient (Wildman–Crippen LogP) is 3.75. The Balaban J connectivity index is 2.77. The van der Waals surface area contributed by atoms with E-state index in [2.05, 4.69) is 35.1 Å². The first-order valence-electron chi connectivity index (χ1n) is 5.34. The first kappa shape index (κ1) is 13.0. The fourth-order valence-electron chi connectivity index (χ4n) is 1.57. The second-order valence-electron chi connectivity index (χ2n) is 3.83. The molecule has 16 heavy (non-hydrogen) atoms. The monoisotopic (exact) mass is 285 g/mol. The number of carbonyl (C=O) groups is 1. The molecular weight excluding hydrogens is 270 g/mol. The Morgan fingerprint density at radius 2 is 2.25 bits per heavy atom. The number of carboxylic acids is 1. The van der Waals surface area contributed by atoms with Gasteiger partial charge in [0.1, 0.15) is 0 Å². The molecule has 1 aromatic carbocycles. The molecule has 0 spiro atoms. The highest BCUT2D eigenvalue weighted by molar-refractivity contribution is 9.10. The minimum atomic E-state index is -0.917. The van der Waals surface area contributed by atoms with Crippen molar-refractivity contribution in [3.63, 3.8) is 0 Å². The van der Waals surface area contributed by atoms with E-state index in [4.69, 9.17) is 5.11 Å². The Labute approximate surface area is 104 Å². The summed E-state index contributed by atoms with van der Waals surface area (Å²) in [5.41, 5.74) is 1.23. The molecule has 1 rings (SSSR count). The van der Waals surface area contributed by atoms with Gasteiger partial charge in [-0.15, -0.1) is 0 Å². The number of aromatic carboxylic acids is 1. The van der Waals surface area contributed by atoms with Crippen molar-refractivity contribution in [2.24, 2.45) is 0 Å². The third kappa shape index (κ3) is 3.52. The van der Waals surface area contributed by atoms with Gasteiger partial charge in [-0.25, -0.2) is 4.79 Å². The Morgan fingerprint density at radius 3 is 2.75 bits per heavy atom.